The molecule has 31 heavy (non-hydrogen) atoms. The molecule has 1 aromatic carbocycles. The molecule has 0 radical (unpaired) electrons. The number of alkyl halides is 10. The molecule has 0 atom stereocenters. The molecule has 1 aromatic rings. The Morgan fingerprint density at radius 2 is 1.45 bits per heavy atom. The normalized spacial score (nSPS) is 14.6. The summed E-state index contributed by atoms with van der Waals surface area (Å²) in [6, 6.07) is 4.16. The summed E-state index contributed by atoms with van der Waals surface area (Å²) < 4.78 is 158. The van der Waals surface area contributed by atoms with Crippen LogP contribution in [0.3, 0.4) is 0 Å². The summed E-state index contributed by atoms with van der Waals surface area (Å²) >= 11 is 0. The Hall–Kier alpha value is -2.50. The molecular weight excluding hydrogens is 476 g/mol. The van der Waals surface area contributed by atoms with Gasteiger partial charge >= 0.3 is 33.6 Å². The van der Waals surface area contributed by atoms with E-state index in [0.717, 1.165) is 19.1 Å². The molecule has 0 aromatic heterocycles. The van der Waals surface area contributed by atoms with Crippen LogP contribution in [0.25, 0.3) is 5.76 Å². The summed E-state index contributed by atoms with van der Waals surface area (Å²) in [5, 5.41) is 8.70. The molecule has 0 amide bonds. The van der Waals surface area contributed by atoms with Crippen LogP contribution >= 0.6 is 0 Å². The molecule has 0 saturated carbocycles. The van der Waals surface area contributed by atoms with Gasteiger partial charge in [-0.3, -0.25) is 0 Å². The van der Waals surface area contributed by atoms with Gasteiger partial charge in [0.15, 0.2) is 5.76 Å². The van der Waals surface area contributed by atoms with Gasteiger partial charge in [0.1, 0.15) is 0 Å². The lowest BCUT2D eigenvalue weighted by atomic mass is 9.93. The third-order valence-electron chi connectivity index (χ3n) is 3.66. The molecule has 15 heteroatoms. The average molecular weight is 487 g/mol. The first-order valence-electron chi connectivity index (χ1n) is 7.90. The van der Waals surface area contributed by atoms with Gasteiger partial charge in [-0.15, -0.1) is 0 Å². The summed E-state index contributed by atoms with van der Waals surface area (Å²) in [4.78, 5) is 0. The SMILES string of the molecule is CCC/C(=C(/OS(=O)(=O)C(F)(F)F)c1ccc(C#N)cc1)C(F)(F)C(F)(F)C(F)(F)F. The molecule has 0 N–H and O–H groups in total. The van der Waals surface area contributed by atoms with E-state index in [1.807, 2.05) is 0 Å². The predicted octanol–water partition coefficient (Wildman–Crippen LogP) is 5.77. The predicted molar refractivity (Wildman–Crippen MR) is 85.0 cm³/mol. The molecule has 0 aliphatic heterocycles. The van der Waals surface area contributed by atoms with Gasteiger partial charge in [0, 0.05) is 11.1 Å². The van der Waals surface area contributed by atoms with E-state index in [1.54, 1.807) is 0 Å². The highest BCUT2D eigenvalue weighted by Crippen LogP contribution is 2.52. The number of hydrogen-bond acceptors (Lipinski definition) is 4. The molecule has 0 fully saturated rings. The van der Waals surface area contributed by atoms with Crippen molar-refractivity contribution in [3.8, 4) is 6.07 Å². The van der Waals surface area contributed by atoms with Crippen LogP contribution in [0, 0.1) is 11.3 Å². The first-order chi connectivity index (χ1) is 13.8. The summed E-state index contributed by atoms with van der Waals surface area (Å²) in [6.07, 6.45) is -8.83. The van der Waals surface area contributed by atoms with Gasteiger partial charge in [-0.05, 0) is 30.7 Å². The van der Waals surface area contributed by atoms with Crippen molar-refractivity contribution in [3.05, 3.63) is 41.0 Å². The number of benzene rings is 1. The van der Waals surface area contributed by atoms with Crippen LogP contribution in [0.4, 0.5) is 43.9 Å². The molecular formula is C16H11F10NO3S. The molecule has 0 heterocycles. The van der Waals surface area contributed by atoms with Crippen molar-refractivity contribution in [2.24, 2.45) is 0 Å². The zero-order chi connectivity index (χ0) is 24.5. The molecule has 0 saturated heterocycles. The van der Waals surface area contributed by atoms with Crippen LogP contribution in [0.15, 0.2) is 29.8 Å². The van der Waals surface area contributed by atoms with Gasteiger partial charge in [0.05, 0.1) is 11.6 Å². The van der Waals surface area contributed by atoms with Crippen molar-refractivity contribution in [2.75, 3.05) is 0 Å². The van der Waals surface area contributed by atoms with Crippen molar-refractivity contribution < 1.29 is 56.5 Å². The zero-order valence-electron chi connectivity index (χ0n) is 15.1. The molecule has 1 rings (SSSR count). The van der Waals surface area contributed by atoms with E-state index in [2.05, 4.69) is 4.18 Å². The number of rotatable bonds is 7. The fraction of sp³-hybridized carbons (Fsp3) is 0.438. The van der Waals surface area contributed by atoms with Gasteiger partial charge in [-0.1, -0.05) is 13.3 Å². The maximum Gasteiger partial charge on any atom is 0.534 e. The van der Waals surface area contributed by atoms with Crippen molar-refractivity contribution >= 4 is 15.9 Å². The number of nitriles is 1. The van der Waals surface area contributed by atoms with E-state index in [4.69, 9.17) is 5.26 Å². The topological polar surface area (TPSA) is 67.2 Å². The van der Waals surface area contributed by atoms with E-state index in [9.17, 15) is 52.3 Å². The van der Waals surface area contributed by atoms with E-state index in [-0.39, 0.29) is 5.56 Å². The maximum atomic E-state index is 14.4. The Bertz CT molecular complexity index is 971. The second-order valence-electron chi connectivity index (χ2n) is 5.88. The second-order valence-corrected chi connectivity index (χ2v) is 7.41. The fourth-order valence-corrected chi connectivity index (χ4v) is 2.67. The molecule has 0 unspecified atom stereocenters. The van der Waals surface area contributed by atoms with Crippen molar-refractivity contribution in [3.63, 3.8) is 0 Å². The van der Waals surface area contributed by atoms with Gasteiger partial charge in [-0.25, -0.2) is 0 Å². The highest BCUT2D eigenvalue weighted by molar-refractivity contribution is 7.87. The minimum absolute atomic E-state index is 0.216. The lowest BCUT2D eigenvalue weighted by Crippen LogP contribution is -2.53. The standard InChI is InChI=1S/C16H11F10NO3S/c1-2-3-11(13(17,18)14(19,20)15(21,22)23)12(30-31(28,29)16(24,25)26)10-6-4-9(8-27)5-7-10/h4-7H,2-3H2,1H3/b12-11-. The fourth-order valence-electron chi connectivity index (χ4n) is 2.16. The van der Waals surface area contributed by atoms with Gasteiger partial charge in [0.25, 0.3) is 0 Å². The van der Waals surface area contributed by atoms with E-state index in [1.165, 1.54) is 6.07 Å². The third kappa shape index (κ3) is 5.23. The minimum Gasteiger partial charge on any atom is -0.375 e. The number of nitrogens with zero attached hydrogens (tertiary/aromatic N) is 1. The van der Waals surface area contributed by atoms with Crippen molar-refractivity contribution in [1.29, 1.82) is 5.26 Å². The van der Waals surface area contributed by atoms with Gasteiger partial charge in [-0.2, -0.15) is 57.6 Å². The molecule has 0 bridgehead atoms. The Kier molecular flexibility index (Phi) is 7.33. The Balaban J connectivity index is 3.97. The monoisotopic (exact) mass is 487 g/mol. The first kappa shape index (κ1) is 26.5. The molecule has 0 aliphatic rings. The van der Waals surface area contributed by atoms with Gasteiger partial charge in [0.2, 0.25) is 0 Å². The van der Waals surface area contributed by atoms with Crippen molar-refractivity contribution in [2.45, 2.75) is 43.3 Å². The van der Waals surface area contributed by atoms with Crippen molar-refractivity contribution in [1.82, 2.24) is 0 Å². The minimum atomic E-state index is -6.84. The van der Waals surface area contributed by atoms with Crippen LogP contribution in [0.2, 0.25) is 0 Å². The highest BCUT2D eigenvalue weighted by Gasteiger charge is 2.74. The second kappa shape index (κ2) is 8.56. The quantitative estimate of drug-likeness (QED) is 0.212. The summed E-state index contributed by atoms with van der Waals surface area (Å²) in [7, 11) is -6.75. The van der Waals surface area contributed by atoms with Crippen LogP contribution in [0.5, 0.6) is 0 Å². The Labute approximate surface area is 168 Å². The lowest BCUT2D eigenvalue weighted by molar-refractivity contribution is -0.344. The molecule has 174 valence electrons. The maximum absolute atomic E-state index is 14.4. The zero-order valence-corrected chi connectivity index (χ0v) is 15.9. The summed E-state index contributed by atoms with van der Waals surface area (Å²) in [5.41, 5.74) is -9.77. The summed E-state index contributed by atoms with van der Waals surface area (Å²) in [6.45, 7) is 1.01. The Morgan fingerprint density at radius 3 is 1.81 bits per heavy atom. The Morgan fingerprint density at radius 1 is 0.968 bits per heavy atom. The molecule has 4 nitrogen and oxygen atoms in total. The average Bonchev–Trinajstić information content (AvgIpc) is 2.62. The lowest BCUT2D eigenvalue weighted by Gasteiger charge is -2.31. The van der Waals surface area contributed by atoms with Gasteiger partial charge < -0.3 is 4.18 Å². The van der Waals surface area contributed by atoms with Crippen LogP contribution in [0.1, 0.15) is 30.9 Å². The van der Waals surface area contributed by atoms with E-state index in [0.29, 0.717) is 12.1 Å². The van der Waals surface area contributed by atoms with Crippen LogP contribution in [-0.2, 0) is 14.3 Å². The largest absolute Gasteiger partial charge is 0.534 e. The molecule has 0 spiro atoms. The molecule has 0 aliphatic carbocycles. The number of hydrogen-bond donors (Lipinski definition) is 0. The summed E-state index contributed by atoms with van der Waals surface area (Å²) in [5.74, 6) is -15.0. The smallest absolute Gasteiger partial charge is 0.375 e. The first-order valence-corrected chi connectivity index (χ1v) is 9.31. The number of allylic oxidation sites excluding steroid dienone is 1. The van der Waals surface area contributed by atoms with E-state index < -0.39 is 63.4 Å². The van der Waals surface area contributed by atoms with E-state index >= 15 is 0 Å². The number of halogens is 10. The van der Waals surface area contributed by atoms with Crippen LogP contribution in [-0.4, -0.2) is 31.9 Å². The third-order valence-corrected chi connectivity index (χ3v) is 4.61. The highest BCUT2D eigenvalue weighted by atomic mass is 32.2. The van der Waals surface area contributed by atoms with Crippen LogP contribution < -0.4 is 0 Å².